The van der Waals surface area contributed by atoms with Crippen molar-refractivity contribution in [1.29, 1.82) is 0 Å². The van der Waals surface area contributed by atoms with E-state index in [4.69, 9.17) is 4.98 Å². The number of fused-ring (bicyclic) bond motifs is 1. The van der Waals surface area contributed by atoms with Gasteiger partial charge in [-0.1, -0.05) is 17.4 Å². The lowest BCUT2D eigenvalue weighted by Gasteiger charge is -2.25. The Balaban J connectivity index is 2.03. The number of anilines is 1. The van der Waals surface area contributed by atoms with Gasteiger partial charge in [0.1, 0.15) is 0 Å². The second-order valence-electron chi connectivity index (χ2n) is 4.62. The molecule has 1 saturated heterocycles. The highest BCUT2D eigenvalue weighted by molar-refractivity contribution is 7.22. The number of carbonyl (C=O) groups excluding carboxylic acids is 1. The molecule has 0 spiro atoms. The van der Waals surface area contributed by atoms with Gasteiger partial charge in [0.2, 0.25) is 5.91 Å². The lowest BCUT2D eigenvalue weighted by atomic mass is 10.1. The van der Waals surface area contributed by atoms with Crippen LogP contribution in [0.25, 0.3) is 10.2 Å². The van der Waals surface area contributed by atoms with Crippen molar-refractivity contribution >= 4 is 32.6 Å². The third-order valence-corrected chi connectivity index (χ3v) is 4.46. The first-order valence-corrected chi connectivity index (χ1v) is 6.85. The number of aryl methyl sites for hydroxylation is 2. The third kappa shape index (κ3) is 1.84. The van der Waals surface area contributed by atoms with E-state index in [-0.39, 0.29) is 5.91 Å². The summed E-state index contributed by atoms with van der Waals surface area (Å²) in [5.74, 6) is 0.0772. The molecule has 0 bridgehead atoms. The molecule has 0 saturated carbocycles. The van der Waals surface area contributed by atoms with Crippen LogP contribution in [0.1, 0.15) is 11.1 Å². The van der Waals surface area contributed by atoms with Gasteiger partial charge in [0.05, 0.1) is 16.8 Å². The van der Waals surface area contributed by atoms with Gasteiger partial charge in [0.15, 0.2) is 5.13 Å². The van der Waals surface area contributed by atoms with Crippen LogP contribution in [0.5, 0.6) is 0 Å². The fourth-order valence-corrected chi connectivity index (χ4v) is 3.20. The Labute approximate surface area is 110 Å². The molecule has 1 amide bonds. The Morgan fingerprint density at radius 3 is 3.00 bits per heavy atom. The second-order valence-corrected chi connectivity index (χ2v) is 5.63. The zero-order valence-corrected chi connectivity index (χ0v) is 11.3. The molecule has 0 unspecified atom stereocenters. The summed E-state index contributed by atoms with van der Waals surface area (Å²) in [5.41, 5.74) is 3.56. The number of amides is 1. The normalized spacial score (nSPS) is 16.1. The number of thiazole rings is 1. The number of piperazine rings is 1. The molecule has 1 aromatic carbocycles. The van der Waals surface area contributed by atoms with E-state index in [1.54, 1.807) is 11.3 Å². The molecule has 1 aromatic heterocycles. The van der Waals surface area contributed by atoms with Crippen LogP contribution in [0.15, 0.2) is 12.1 Å². The predicted octanol–water partition coefficient (Wildman–Crippen LogP) is 1.85. The highest BCUT2D eigenvalue weighted by atomic mass is 32.1. The lowest BCUT2D eigenvalue weighted by molar-refractivity contribution is -0.120. The maximum atomic E-state index is 11.4. The molecule has 0 radical (unpaired) electrons. The average Bonchev–Trinajstić information content (AvgIpc) is 2.79. The van der Waals surface area contributed by atoms with E-state index >= 15 is 0 Å². The summed E-state index contributed by atoms with van der Waals surface area (Å²) in [6.07, 6.45) is 0. The van der Waals surface area contributed by atoms with E-state index in [0.717, 1.165) is 17.2 Å². The minimum absolute atomic E-state index is 0.0772. The quantitative estimate of drug-likeness (QED) is 0.852. The van der Waals surface area contributed by atoms with E-state index in [9.17, 15) is 4.79 Å². The summed E-state index contributed by atoms with van der Waals surface area (Å²) < 4.78 is 1.19. The minimum Gasteiger partial charge on any atom is -0.353 e. The molecular weight excluding hydrogens is 246 g/mol. The van der Waals surface area contributed by atoms with Gasteiger partial charge in [-0.15, -0.1) is 0 Å². The van der Waals surface area contributed by atoms with Crippen LogP contribution in [0.4, 0.5) is 5.13 Å². The van der Waals surface area contributed by atoms with Crippen LogP contribution in [-0.4, -0.2) is 30.5 Å². The van der Waals surface area contributed by atoms with Gasteiger partial charge in [0, 0.05) is 13.1 Å². The summed E-state index contributed by atoms with van der Waals surface area (Å²) in [4.78, 5) is 18.2. The molecule has 1 fully saturated rings. The highest BCUT2D eigenvalue weighted by Gasteiger charge is 2.20. The van der Waals surface area contributed by atoms with Crippen molar-refractivity contribution in [3.05, 3.63) is 23.3 Å². The Hall–Kier alpha value is -1.62. The van der Waals surface area contributed by atoms with Crippen LogP contribution >= 0.6 is 11.3 Å². The third-order valence-electron chi connectivity index (χ3n) is 3.38. The van der Waals surface area contributed by atoms with E-state index in [2.05, 4.69) is 36.2 Å². The fraction of sp³-hybridized carbons (Fsp3) is 0.385. The number of rotatable bonds is 1. The van der Waals surface area contributed by atoms with E-state index < -0.39 is 0 Å². The monoisotopic (exact) mass is 261 g/mol. The van der Waals surface area contributed by atoms with Gasteiger partial charge in [0.25, 0.3) is 0 Å². The zero-order valence-electron chi connectivity index (χ0n) is 10.5. The zero-order chi connectivity index (χ0) is 12.7. The van der Waals surface area contributed by atoms with Crippen molar-refractivity contribution in [3.63, 3.8) is 0 Å². The smallest absolute Gasteiger partial charge is 0.239 e. The van der Waals surface area contributed by atoms with Crippen molar-refractivity contribution in [2.75, 3.05) is 24.5 Å². The molecule has 2 heterocycles. The number of carbonyl (C=O) groups is 1. The van der Waals surface area contributed by atoms with E-state index in [1.807, 2.05) is 0 Å². The summed E-state index contributed by atoms with van der Waals surface area (Å²) in [6.45, 7) is 6.15. The molecule has 94 valence electrons. The van der Waals surface area contributed by atoms with E-state index in [0.29, 0.717) is 13.1 Å². The summed E-state index contributed by atoms with van der Waals surface area (Å²) in [5, 5.41) is 3.78. The van der Waals surface area contributed by atoms with Gasteiger partial charge < -0.3 is 10.2 Å². The molecule has 5 heteroatoms. The largest absolute Gasteiger partial charge is 0.353 e. The lowest BCUT2D eigenvalue weighted by Crippen LogP contribution is -2.47. The summed E-state index contributed by atoms with van der Waals surface area (Å²) in [7, 11) is 0. The first-order chi connectivity index (χ1) is 8.65. The van der Waals surface area contributed by atoms with Crippen molar-refractivity contribution in [1.82, 2.24) is 10.3 Å². The molecule has 4 nitrogen and oxygen atoms in total. The van der Waals surface area contributed by atoms with Crippen LogP contribution in [-0.2, 0) is 4.79 Å². The van der Waals surface area contributed by atoms with Crippen LogP contribution in [0.2, 0.25) is 0 Å². The van der Waals surface area contributed by atoms with Crippen LogP contribution < -0.4 is 10.2 Å². The Bertz CT molecular complexity index is 620. The molecule has 18 heavy (non-hydrogen) atoms. The Morgan fingerprint density at radius 1 is 1.39 bits per heavy atom. The fourth-order valence-electron chi connectivity index (χ4n) is 2.15. The second kappa shape index (κ2) is 4.24. The molecule has 0 atom stereocenters. The topological polar surface area (TPSA) is 45.2 Å². The molecule has 2 aromatic rings. The predicted molar refractivity (Wildman–Crippen MR) is 74.3 cm³/mol. The maximum absolute atomic E-state index is 11.4. The first kappa shape index (κ1) is 11.5. The maximum Gasteiger partial charge on any atom is 0.239 e. The number of nitrogens with zero attached hydrogens (tertiary/aromatic N) is 2. The van der Waals surface area contributed by atoms with Crippen LogP contribution in [0.3, 0.4) is 0 Å². The van der Waals surface area contributed by atoms with Gasteiger partial charge in [-0.2, -0.15) is 0 Å². The summed E-state index contributed by atoms with van der Waals surface area (Å²) in [6, 6.07) is 4.24. The first-order valence-electron chi connectivity index (χ1n) is 6.03. The van der Waals surface area contributed by atoms with Gasteiger partial charge >= 0.3 is 0 Å². The van der Waals surface area contributed by atoms with E-state index in [1.165, 1.54) is 15.8 Å². The standard InChI is InChI=1S/C13H15N3OS/c1-8-3-4-10-12(9(8)2)15-13(18-10)16-6-5-14-11(17)7-16/h3-4H,5-7H2,1-2H3,(H,14,17). The average molecular weight is 261 g/mol. The van der Waals surface area contributed by atoms with Crippen molar-refractivity contribution < 1.29 is 4.79 Å². The minimum atomic E-state index is 0.0772. The van der Waals surface area contributed by atoms with Gasteiger partial charge in [-0.25, -0.2) is 4.98 Å². The number of hydrogen-bond acceptors (Lipinski definition) is 4. The van der Waals surface area contributed by atoms with Gasteiger partial charge in [-0.05, 0) is 31.0 Å². The molecular formula is C13H15N3OS. The van der Waals surface area contributed by atoms with Crippen LogP contribution in [0, 0.1) is 13.8 Å². The number of aromatic nitrogens is 1. The van der Waals surface area contributed by atoms with Gasteiger partial charge in [-0.3, -0.25) is 4.79 Å². The number of nitrogens with one attached hydrogen (secondary N) is 1. The molecule has 0 aliphatic carbocycles. The SMILES string of the molecule is Cc1ccc2sc(N3CCNC(=O)C3)nc2c1C. The Kier molecular flexibility index (Phi) is 2.70. The Morgan fingerprint density at radius 2 is 2.22 bits per heavy atom. The summed E-state index contributed by atoms with van der Waals surface area (Å²) >= 11 is 1.66. The molecule has 3 rings (SSSR count). The number of hydrogen-bond donors (Lipinski definition) is 1. The number of benzene rings is 1. The molecule has 1 aliphatic rings. The van der Waals surface area contributed by atoms with Crippen molar-refractivity contribution in [3.8, 4) is 0 Å². The molecule has 1 N–H and O–H groups in total. The molecule has 1 aliphatic heterocycles. The van der Waals surface area contributed by atoms with Crippen molar-refractivity contribution in [2.45, 2.75) is 13.8 Å². The van der Waals surface area contributed by atoms with Crippen molar-refractivity contribution in [2.24, 2.45) is 0 Å². The highest BCUT2D eigenvalue weighted by Crippen LogP contribution is 2.31.